The third-order valence-corrected chi connectivity index (χ3v) is 3.51. The number of amides is 2. The van der Waals surface area contributed by atoms with E-state index in [0.717, 1.165) is 6.54 Å². The predicted octanol–water partition coefficient (Wildman–Crippen LogP) is 0.559. The molecule has 2 rings (SSSR count). The molecular weight excluding hydrogens is 350 g/mol. The van der Waals surface area contributed by atoms with Crippen molar-refractivity contribution in [3.05, 3.63) is 18.2 Å². The van der Waals surface area contributed by atoms with Gasteiger partial charge in [0.1, 0.15) is 11.5 Å². The first-order valence-corrected chi connectivity index (χ1v) is 7.71. The number of halogens is 1. The number of anilines is 1. The van der Waals surface area contributed by atoms with E-state index in [0.29, 0.717) is 30.4 Å². The Morgan fingerprint density at radius 3 is 2.44 bits per heavy atom. The smallest absolute Gasteiger partial charge is 0.243 e. The van der Waals surface area contributed by atoms with Crippen LogP contribution in [0.3, 0.4) is 0 Å². The van der Waals surface area contributed by atoms with E-state index in [4.69, 9.17) is 14.2 Å². The molecule has 1 aromatic rings. The molecule has 1 unspecified atom stereocenters. The summed E-state index contributed by atoms with van der Waals surface area (Å²) in [6.45, 7) is 1.79. The summed E-state index contributed by atoms with van der Waals surface area (Å²) < 4.78 is 15.6. The molecule has 0 radical (unpaired) electrons. The summed E-state index contributed by atoms with van der Waals surface area (Å²) >= 11 is 0. The van der Waals surface area contributed by atoms with Gasteiger partial charge in [0.25, 0.3) is 0 Å². The van der Waals surface area contributed by atoms with E-state index >= 15 is 0 Å². The maximum absolute atomic E-state index is 12.0. The number of morpholine rings is 1. The van der Waals surface area contributed by atoms with Gasteiger partial charge in [-0.05, 0) is 0 Å². The average molecular weight is 374 g/mol. The van der Waals surface area contributed by atoms with Crippen molar-refractivity contribution >= 4 is 29.9 Å². The van der Waals surface area contributed by atoms with Crippen LogP contribution < -0.4 is 25.4 Å². The molecule has 0 saturated carbocycles. The topological polar surface area (TPSA) is 97.9 Å². The number of nitrogens with one attached hydrogen (secondary N) is 3. The molecule has 1 aliphatic heterocycles. The van der Waals surface area contributed by atoms with Crippen molar-refractivity contribution in [1.29, 1.82) is 0 Å². The van der Waals surface area contributed by atoms with Gasteiger partial charge < -0.3 is 30.2 Å². The van der Waals surface area contributed by atoms with Crippen molar-refractivity contribution in [3.8, 4) is 11.5 Å². The third-order valence-electron chi connectivity index (χ3n) is 3.51. The highest BCUT2D eigenvalue weighted by molar-refractivity contribution is 5.94. The van der Waals surface area contributed by atoms with Crippen molar-refractivity contribution in [1.82, 2.24) is 10.6 Å². The Bertz CT molecular complexity index is 557. The number of benzene rings is 1. The van der Waals surface area contributed by atoms with Crippen molar-refractivity contribution in [2.24, 2.45) is 0 Å². The summed E-state index contributed by atoms with van der Waals surface area (Å²) in [6.07, 6.45) is 0.278. The molecule has 1 aliphatic rings. The first-order chi connectivity index (χ1) is 11.6. The quantitative estimate of drug-likeness (QED) is 0.646. The Morgan fingerprint density at radius 2 is 1.88 bits per heavy atom. The standard InChI is InChI=1S/C16H23N3O5.ClH/c1-22-13-5-11(6-14(8-13)23-2)19-16(21)9-18-15(20)7-12-10-24-4-3-17-12;/h5-6,8,12,17H,3-4,7,9-10H2,1-2H3,(H,18,20)(H,19,21);1H. The molecule has 1 atom stereocenters. The highest BCUT2D eigenvalue weighted by Crippen LogP contribution is 2.25. The van der Waals surface area contributed by atoms with Gasteiger partial charge in [0, 0.05) is 42.9 Å². The van der Waals surface area contributed by atoms with Gasteiger partial charge in [-0.1, -0.05) is 0 Å². The number of carbonyl (C=O) groups excluding carboxylic acids is 2. The second kappa shape index (κ2) is 10.8. The molecule has 9 heteroatoms. The van der Waals surface area contributed by atoms with Gasteiger partial charge in [0.15, 0.2) is 0 Å². The van der Waals surface area contributed by atoms with Gasteiger partial charge in [-0.15, -0.1) is 12.4 Å². The summed E-state index contributed by atoms with van der Waals surface area (Å²) in [6, 6.07) is 5.04. The van der Waals surface area contributed by atoms with Crippen LogP contribution in [0.15, 0.2) is 18.2 Å². The van der Waals surface area contributed by atoms with Crippen LogP contribution in [-0.4, -0.2) is 58.4 Å². The first-order valence-electron chi connectivity index (χ1n) is 7.71. The van der Waals surface area contributed by atoms with Crippen LogP contribution in [0.2, 0.25) is 0 Å². The van der Waals surface area contributed by atoms with Gasteiger partial charge in [-0.2, -0.15) is 0 Å². The minimum Gasteiger partial charge on any atom is -0.497 e. The number of methoxy groups -OCH3 is 2. The fraction of sp³-hybridized carbons (Fsp3) is 0.500. The molecule has 0 aromatic heterocycles. The fourth-order valence-corrected chi connectivity index (χ4v) is 2.31. The van der Waals surface area contributed by atoms with Gasteiger partial charge in [-0.3, -0.25) is 9.59 Å². The van der Waals surface area contributed by atoms with Crippen LogP contribution >= 0.6 is 12.4 Å². The Morgan fingerprint density at radius 1 is 1.20 bits per heavy atom. The molecule has 1 fully saturated rings. The lowest BCUT2D eigenvalue weighted by Gasteiger charge is -2.23. The highest BCUT2D eigenvalue weighted by atomic mass is 35.5. The SMILES string of the molecule is COc1cc(NC(=O)CNC(=O)CC2COCCN2)cc(OC)c1.Cl. The van der Waals surface area contributed by atoms with E-state index in [1.54, 1.807) is 18.2 Å². The zero-order valence-electron chi connectivity index (χ0n) is 14.3. The Kier molecular flexibility index (Phi) is 9.04. The van der Waals surface area contributed by atoms with Crippen molar-refractivity contribution in [3.63, 3.8) is 0 Å². The van der Waals surface area contributed by atoms with E-state index in [2.05, 4.69) is 16.0 Å². The second-order valence-electron chi connectivity index (χ2n) is 5.36. The lowest BCUT2D eigenvalue weighted by atomic mass is 10.2. The van der Waals surface area contributed by atoms with Crippen LogP contribution in [0.5, 0.6) is 11.5 Å². The molecule has 1 heterocycles. The highest BCUT2D eigenvalue weighted by Gasteiger charge is 2.17. The monoisotopic (exact) mass is 373 g/mol. The van der Waals surface area contributed by atoms with Gasteiger partial charge in [0.2, 0.25) is 11.8 Å². The molecule has 0 bridgehead atoms. The Labute approximate surface area is 153 Å². The van der Waals surface area contributed by atoms with Crippen LogP contribution in [0.25, 0.3) is 0 Å². The molecule has 0 spiro atoms. The molecular formula is C16H24ClN3O5. The van der Waals surface area contributed by atoms with Crippen molar-refractivity contribution in [2.45, 2.75) is 12.5 Å². The second-order valence-corrected chi connectivity index (χ2v) is 5.36. The zero-order chi connectivity index (χ0) is 17.4. The number of hydrogen-bond donors (Lipinski definition) is 3. The number of carbonyl (C=O) groups is 2. The maximum Gasteiger partial charge on any atom is 0.243 e. The Hall–Kier alpha value is -2.03. The van der Waals surface area contributed by atoms with E-state index in [1.807, 2.05) is 0 Å². The molecule has 25 heavy (non-hydrogen) atoms. The lowest BCUT2D eigenvalue weighted by Crippen LogP contribution is -2.45. The number of ether oxygens (including phenoxy) is 3. The van der Waals surface area contributed by atoms with Crippen molar-refractivity contribution in [2.75, 3.05) is 45.8 Å². The van der Waals surface area contributed by atoms with Crippen LogP contribution in [0, 0.1) is 0 Å². The summed E-state index contributed by atoms with van der Waals surface area (Å²) in [5.41, 5.74) is 0.535. The summed E-state index contributed by atoms with van der Waals surface area (Å²) in [5, 5.41) is 8.48. The minimum atomic E-state index is -0.327. The molecule has 1 aromatic carbocycles. The molecule has 0 aliphatic carbocycles. The van der Waals surface area contributed by atoms with Gasteiger partial charge >= 0.3 is 0 Å². The lowest BCUT2D eigenvalue weighted by molar-refractivity contribution is -0.125. The van der Waals surface area contributed by atoms with Gasteiger partial charge in [0.05, 0.1) is 34.0 Å². The largest absolute Gasteiger partial charge is 0.497 e. The van der Waals surface area contributed by atoms with E-state index in [9.17, 15) is 9.59 Å². The molecule has 3 N–H and O–H groups in total. The maximum atomic E-state index is 12.0. The molecule has 1 saturated heterocycles. The normalized spacial score (nSPS) is 16.3. The molecule has 140 valence electrons. The Balaban J connectivity index is 0.00000312. The molecule has 2 amide bonds. The summed E-state index contributed by atoms with van der Waals surface area (Å²) in [5.74, 6) is 0.608. The van der Waals surface area contributed by atoms with Crippen molar-refractivity contribution < 1.29 is 23.8 Å². The number of rotatable bonds is 7. The minimum absolute atomic E-state index is 0. The average Bonchev–Trinajstić information content (AvgIpc) is 2.60. The molecule has 8 nitrogen and oxygen atoms in total. The first kappa shape index (κ1) is 21.0. The number of hydrogen-bond acceptors (Lipinski definition) is 6. The summed E-state index contributed by atoms with van der Waals surface area (Å²) in [7, 11) is 3.06. The predicted molar refractivity (Wildman–Crippen MR) is 95.7 cm³/mol. The summed E-state index contributed by atoms with van der Waals surface area (Å²) in [4.78, 5) is 23.8. The zero-order valence-corrected chi connectivity index (χ0v) is 15.1. The van der Waals surface area contributed by atoms with E-state index in [-0.39, 0.29) is 43.2 Å². The van der Waals surface area contributed by atoms with E-state index in [1.165, 1.54) is 14.2 Å². The van der Waals surface area contributed by atoms with Gasteiger partial charge in [-0.25, -0.2) is 0 Å². The van der Waals surface area contributed by atoms with E-state index < -0.39 is 0 Å². The third kappa shape index (κ3) is 7.16. The van der Waals surface area contributed by atoms with Crippen LogP contribution in [0.4, 0.5) is 5.69 Å². The van der Waals surface area contributed by atoms with Crippen LogP contribution in [0.1, 0.15) is 6.42 Å². The fourth-order valence-electron chi connectivity index (χ4n) is 2.31. The van der Waals surface area contributed by atoms with Crippen LogP contribution in [-0.2, 0) is 14.3 Å².